The van der Waals surface area contributed by atoms with E-state index in [1.165, 1.54) is 12.1 Å². The second kappa shape index (κ2) is 11.5. The third kappa shape index (κ3) is 6.27. The van der Waals surface area contributed by atoms with Crippen molar-refractivity contribution in [2.45, 2.75) is 13.5 Å². The third-order valence-corrected chi connectivity index (χ3v) is 4.94. The van der Waals surface area contributed by atoms with Crippen LogP contribution >= 0.6 is 0 Å². The molecule has 2 aromatic rings. The second-order valence-corrected chi connectivity index (χ2v) is 7.05. The van der Waals surface area contributed by atoms with Crippen LogP contribution in [0.15, 0.2) is 41.5 Å². The van der Waals surface area contributed by atoms with E-state index in [-0.39, 0.29) is 0 Å². The Balaban J connectivity index is 1.65. The summed E-state index contributed by atoms with van der Waals surface area (Å²) in [5.41, 5.74) is 1.18. The lowest BCUT2D eigenvalue weighted by Crippen LogP contribution is -2.52. The van der Waals surface area contributed by atoms with Crippen LogP contribution in [0.2, 0.25) is 0 Å². The molecule has 0 atom stereocenters. The molecule has 31 heavy (non-hydrogen) atoms. The number of anilines is 1. The minimum Gasteiger partial charge on any atom is -0.475 e. The van der Waals surface area contributed by atoms with Crippen LogP contribution in [0.5, 0.6) is 5.88 Å². The van der Waals surface area contributed by atoms with E-state index in [0.717, 1.165) is 24.1 Å². The third-order valence-electron chi connectivity index (χ3n) is 4.94. The maximum absolute atomic E-state index is 14.1. The molecule has 1 N–H and O–H groups in total. The summed E-state index contributed by atoms with van der Waals surface area (Å²) in [7, 11) is 1.62. The molecule has 0 spiro atoms. The van der Waals surface area contributed by atoms with E-state index in [4.69, 9.17) is 14.5 Å². The zero-order valence-electron chi connectivity index (χ0n) is 18.0. The Labute approximate surface area is 181 Å². The van der Waals surface area contributed by atoms with Gasteiger partial charge in [-0.1, -0.05) is 6.07 Å². The lowest BCUT2D eigenvalue weighted by atomic mass is 10.2. The van der Waals surface area contributed by atoms with Crippen molar-refractivity contribution in [1.29, 1.82) is 0 Å². The summed E-state index contributed by atoms with van der Waals surface area (Å²) in [6, 6.07) is 7.34. The molecule has 0 unspecified atom stereocenters. The van der Waals surface area contributed by atoms with Gasteiger partial charge in [-0.3, -0.25) is 0 Å². The summed E-state index contributed by atoms with van der Waals surface area (Å²) >= 11 is 0. The Bertz CT molecular complexity index is 873. The Morgan fingerprint density at radius 2 is 1.97 bits per heavy atom. The minimum absolute atomic E-state index is 0.301. The molecule has 0 amide bonds. The average molecular weight is 434 g/mol. The molecule has 168 valence electrons. The van der Waals surface area contributed by atoms with Gasteiger partial charge >= 0.3 is 0 Å². The number of hydrogen-bond acceptors (Lipinski definition) is 5. The van der Waals surface area contributed by atoms with E-state index < -0.39 is 11.6 Å². The van der Waals surface area contributed by atoms with Gasteiger partial charge in [-0.25, -0.2) is 18.8 Å². The molecule has 0 radical (unpaired) electrons. The molecule has 7 nitrogen and oxygen atoms in total. The van der Waals surface area contributed by atoms with Crippen LogP contribution in [-0.2, 0) is 11.3 Å². The van der Waals surface area contributed by atoms with Crippen molar-refractivity contribution >= 4 is 11.6 Å². The molecule has 1 aromatic heterocycles. The van der Waals surface area contributed by atoms with Gasteiger partial charge in [-0.15, -0.1) is 0 Å². The van der Waals surface area contributed by atoms with Gasteiger partial charge in [0.2, 0.25) is 5.88 Å². The van der Waals surface area contributed by atoms with Crippen LogP contribution in [0, 0.1) is 11.6 Å². The normalized spacial score (nSPS) is 14.6. The topological polar surface area (TPSA) is 62.2 Å². The van der Waals surface area contributed by atoms with E-state index in [9.17, 15) is 8.78 Å². The highest BCUT2D eigenvalue weighted by Crippen LogP contribution is 2.22. The summed E-state index contributed by atoms with van der Waals surface area (Å²) < 4.78 is 38.4. The predicted octanol–water partition coefficient (Wildman–Crippen LogP) is 2.67. The van der Waals surface area contributed by atoms with Crippen molar-refractivity contribution in [2.75, 3.05) is 57.9 Å². The SMILES string of the molecule is CCNC(=NCc1cccnc1OCCOC)N1CCN(c2cc(F)ccc2F)CC1. The smallest absolute Gasteiger partial charge is 0.218 e. The van der Waals surface area contributed by atoms with Crippen LogP contribution in [0.1, 0.15) is 12.5 Å². The zero-order chi connectivity index (χ0) is 22.1. The zero-order valence-corrected chi connectivity index (χ0v) is 18.0. The molecular formula is C22H29F2N5O2. The molecule has 0 aliphatic carbocycles. The van der Waals surface area contributed by atoms with Crippen molar-refractivity contribution in [2.24, 2.45) is 4.99 Å². The lowest BCUT2D eigenvalue weighted by molar-refractivity contribution is 0.143. The molecule has 1 aliphatic heterocycles. The van der Waals surface area contributed by atoms with Gasteiger partial charge in [0.25, 0.3) is 0 Å². The quantitative estimate of drug-likeness (QED) is 0.392. The number of aromatic nitrogens is 1. The molecule has 0 saturated carbocycles. The van der Waals surface area contributed by atoms with Crippen LogP contribution < -0.4 is 15.0 Å². The first-order chi connectivity index (χ1) is 15.1. The van der Waals surface area contributed by atoms with Gasteiger partial charge in [0, 0.05) is 57.7 Å². The Morgan fingerprint density at radius 1 is 1.16 bits per heavy atom. The number of nitrogens with zero attached hydrogens (tertiary/aromatic N) is 4. The molecule has 2 heterocycles. The Morgan fingerprint density at radius 3 is 2.71 bits per heavy atom. The number of nitrogens with one attached hydrogen (secondary N) is 1. The van der Waals surface area contributed by atoms with Gasteiger partial charge in [0.1, 0.15) is 18.2 Å². The highest BCUT2D eigenvalue weighted by Gasteiger charge is 2.22. The van der Waals surface area contributed by atoms with E-state index in [1.807, 2.05) is 24.0 Å². The number of piperazine rings is 1. The predicted molar refractivity (Wildman–Crippen MR) is 117 cm³/mol. The molecule has 1 aliphatic rings. The van der Waals surface area contributed by atoms with E-state index in [0.29, 0.717) is 57.5 Å². The maximum Gasteiger partial charge on any atom is 0.218 e. The number of benzene rings is 1. The molecular weight excluding hydrogens is 404 g/mol. The summed E-state index contributed by atoms with van der Waals surface area (Å²) in [4.78, 5) is 13.0. The molecule has 1 aromatic carbocycles. The van der Waals surface area contributed by atoms with Gasteiger partial charge in [-0.05, 0) is 25.1 Å². The van der Waals surface area contributed by atoms with Crippen molar-refractivity contribution in [3.8, 4) is 5.88 Å². The first-order valence-electron chi connectivity index (χ1n) is 10.4. The number of aliphatic imine (C=N–C) groups is 1. The van der Waals surface area contributed by atoms with Crippen molar-refractivity contribution in [3.63, 3.8) is 0 Å². The van der Waals surface area contributed by atoms with E-state index >= 15 is 0 Å². The second-order valence-electron chi connectivity index (χ2n) is 7.05. The first kappa shape index (κ1) is 22.7. The van der Waals surface area contributed by atoms with Gasteiger partial charge < -0.3 is 24.6 Å². The van der Waals surface area contributed by atoms with Crippen LogP contribution in [0.25, 0.3) is 0 Å². The van der Waals surface area contributed by atoms with Crippen LogP contribution in [-0.4, -0.2) is 68.9 Å². The van der Waals surface area contributed by atoms with E-state index in [2.05, 4.69) is 15.2 Å². The van der Waals surface area contributed by atoms with E-state index in [1.54, 1.807) is 13.3 Å². The van der Waals surface area contributed by atoms with Crippen molar-refractivity contribution in [1.82, 2.24) is 15.2 Å². The van der Waals surface area contributed by atoms with Crippen LogP contribution in [0.3, 0.4) is 0 Å². The number of hydrogen-bond donors (Lipinski definition) is 1. The molecule has 0 bridgehead atoms. The van der Waals surface area contributed by atoms with Gasteiger partial charge in [-0.2, -0.15) is 0 Å². The summed E-state index contributed by atoms with van der Waals surface area (Å²) in [6.07, 6.45) is 1.69. The Kier molecular flexibility index (Phi) is 8.40. The first-order valence-corrected chi connectivity index (χ1v) is 10.4. The number of ether oxygens (including phenoxy) is 2. The maximum atomic E-state index is 14.1. The standard InChI is InChI=1S/C22H29F2N5O2/c1-3-25-22(27-16-17-5-4-8-26-21(17)31-14-13-30-2)29-11-9-28(10-12-29)20-15-18(23)6-7-19(20)24/h4-8,15H,3,9-14,16H2,1-2H3,(H,25,27). The Hall–Kier alpha value is -2.94. The lowest BCUT2D eigenvalue weighted by Gasteiger charge is -2.37. The van der Waals surface area contributed by atoms with Crippen LogP contribution in [0.4, 0.5) is 14.5 Å². The van der Waals surface area contributed by atoms with Gasteiger partial charge in [0.05, 0.1) is 18.8 Å². The van der Waals surface area contributed by atoms with Crippen molar-refractivity contribution < 1.29 is 18.3 Å². The molecule has 3 rings (SSSR count). The number of pyridine rings is 1. The summed E-state index contributed by atoms with van der Waals surface area (Å²) in [5, 5.41) is 3.31. The number of methoxy groups -OCH3 is 1. The van der Waals surface area contributed by atoms with Crippen molar-refractivity contribution in [3.05, 3.63) is 53.7 Å². The number of guanidine groups is 1. The number of rotatable bonds is 8. The van der Waals surface area contributed by atoms with Gasteiger partial charge in [0.15, 0.2) is 5.96 Å². The average Bonchev–Trinajstić information content (AvgIpc) is 2.79. The highest BCUT2D eigenvalue weighted by molar-refractivity contribution is 5.80. The summed E-state index contributed by atoms with van der Waals surface area (Å²) in [5.74, 6) is 0.473. The fourth-order valence-electron chi connectivity index (χ4n) is 3.37. The minimum atomic E-state index is -0.436. The summed E-state index contributed by atoms with van der Waals surface area (Å²) in [6.45, 7) is 6.49. The fraction of sp³-hybridized carbons (Fsp3) is 0.455. The largest absolute Gasteiger partial charge is 0.475 e. The monoisotopic (exact) mass is 433 g/mol. The molecule has 1 fully saturated rings. The highest BCUT2D eigenvalue weighted by atomic mass is 19.1. The molecule has 1 saturated heterocycles. The fourth-order valence-corrected chi connectivity index (χ4v) is 3.37. The number of halogens is 2. The molecule has 9 heteroatoms.